The summed E-state index contributed by atoms with van der Waals surface area (Å²) in [5, 5.41) is 13.1. The molecule has 1 amide bonds. The van der Waals surface area contributed by atoms with Crippen molar-refractivity contribution in [3.63, 3.8) is 0 Å². The van der Waals surface area contributed by atoms with Crippen LogP contribution in [0.25, 0.3) is 0 Å². The summed E-state index contributed by atoms with van der Waals surface area (Å²) in [4.78, 5) is 15.8. The van der Waals surface area contributed by atoms with Crippen molar-refractivity contribution in [3.8, 4) is 6.07 Å². The Morgan fingerprint density at radius 3 is 2.70 bits per heavy atom. The molecule has 0 radical (unpaired) electrons. The lowest BCUT2D eigenvalue weighted by atomic mass is 10.0. The lowest BCUT2D eigenvalue weighted by molar-refractivity contribution is -0.116. The molecule has 3 rings (SSSR count). The SMILES string of the molecule is CC(C)c1ccc(CN(C)CCC(=O)Nc2sc3c(c2C#N)CCC3)cc1. The molecule has 0 fully saturated rings. The summed E-state index contributed by atoms with van der Waals surface area (Å²) in [6.45, 7) is 5.90. The van der Waals surface area contributed by atoms with Crippen LogP contribution in [-0.4, -0.2) is 24.4 Å². The number of amides is 1. The highest BCUT2D eigenvalue weighted by atomic mass is 32.1. The molecule has 27 heavy (non-hydrogen) atoms. The molecule has 2 aromatic rings. The maximum atomic E-state index is 12.3. The molecule has 1 N–H and O–H groups in total. The highest BCUT2D eigenvalue weighted by Gasteiger charge is 2.23. The number of fused-ring (bicyclic) bond motifs is 1. The Labute approximate surface area is 165 Å². The summed E-state index contributed by atoms with van der Waals surface area (Å²) in [6.07, 6.45) is 3.53. The second-order valence-corrected chi connectivity index (χ2v) is 8.71. The van der Waals surface area contributed by atoms with Gasteiger partial charge in [0, 0.05) is 24.4 Å². The molecule has 5 heteroatoms. The van der Waals surface area contributed by atoms with Crippen LogP contribution in [-0.2, 0) is 24.2 Å². The third kappa shape index (κ3) is 4.77. The van der Waals surface area contributed by atoms with Crippen LogP contribution in [0.5, 0.6) is 0 Å². The molecular weight excluding hydrogens is 354 g/mol. The quantitative estimate of drug-likeness (QED) is 0.757. The predicted molar refractivity (Wildman–Crippen MR) is 111 cm³/mol. The third-order valence-corrected chi connectivity index (χ3v) is 6.31. The number of rotatable bonds is 7. The normalized spacial score (nSPS) is 13.0. The van der Waals surface area contributed by atoms with Crippen LogP contribution in [0.4, 0.5) is 5.00 Å². The molecule has 1 aromatic carbocycles. The maximum Gasteiger partial charge on any atom is 0.226 e. The van der Waals surface area contributed by atoms with E-state index in [2.05, 4.69) is 54.4 Å². The smallest absolute Gasteiger partial charge is 0.226 e. The van der Waals surface area contributed by atoms with Crippen LogP contribution in [0, 0.1) is 11.3 Å². The van der Waals surface area contributed by atoms with Gasteiger partial charge in [0.05, 0.1) is 5.56 Å². The second-order valence-electron chi connectivity index (χ2n) is 7.61. The van der Waals surface area contributed by atoms with Gasteiger partial charge in [0.25, 0.3) is 0 Å². The van der Waals surface area contributed by atoms with Gasteiger partial charge in [-0.25, -0.2) is 0 Å². The minimum Gasteiger partial charge on any atom is -0.317 e. The fourth-order valence-corrected chi connectivity index (χ4v) is 4.75. The van der Waals surface area contributed by atoms with E-state index in [1.54, 1.807) is 11.3 Å². The summed E-state index contributed by atoms with van der Waals surface area (Å²) >= 11 is 1.57. The molecule has 0 saturated carbocycles. The van der Waals surface area contributed by atoms with E-state index in [9.17, 15) is 10.1 Å². The molecule has 1 aliphatic rings. The number of nitriles is 1. The Morgan fingerprint density at radius 2 is 2.04 bits per heavy atom. The molecule has 0 spiro atoms. The zero-order valence-electron chi connectivity index (χ0n) is 16.3. The van der Waals surface area contributed by atoms with Gasteiger partial charge in [-0.3, -0.25) is 4.79 Å². The van der Waals surface area contributed by atoms with Crippen LogP contribution < -0.4 is 5.32 Å². The van der Waals surface area contributed by atoms with Gasteiger partial charge in [-0.15, -0.1) is 11.3 Å². The summed E-state index contributed by atoms with van der Waals surface area (Å²) in [5.41, 5.74) is 4.43. The summed E-state index contributed by atoms with van der Waals surface area (Å²) < 4.78 is 0. The van der Waals surface area contributed by atoms with Crippen molar-refractivity contribution in [2.24, 2.45) is 0 Å². The lowest BCUT2D eigenvalue weighted by Gasteiger charge is -2.17. The number of nitrogens with one attached hydrogen (secondary N) is 1. The van der Waals surface area contributed by atoms with Gasteiger partial charge in [0.15, 0.2) is 0 Å². The fraction of sp³-hybridized carbons (Fsp3) is 0.455. The largest absolute Gasteiger partial charge is 0.317 e. The van der Waals surface area contributed by atoms with Crippen molar-refractivity contribution in [1.82, 2.24) is 4.90 Å². The summed E-state index contributed by atoms with van der Waals surface area (Å²) in [5.74, 6) is 0.519. The van der Waals surface area contributed by atoms with E-state index in [0.29, 0.717) is 24.4 Å². The first-order chi connectivity index (χ1) is 13.0. The number of hydrogen-bond donors (Lipinski definition) is 1. The van der Waals surface area contributed by atoms with Crippen LogP contribution in [0.1, 0.15) is 59.7 Å². The van der Waals surface area contributed by atoms with Gasteiger partial charge in [0.2, 0.25) is 5.91 Å². The fourth-order valence-electron chi connectivity index (χ4n) is 3.49. The molecule has 142 valence electrons. The number of carbonyl (C=O) groups excluding carboxylic acids is 1. The minimum atomic E-state index is -0.0200. The number of aryl methyl sites for hydroxylation is 1. The summed E-state index contributed by atoms with van der Waals surface area (Å²) in [6, 6.07) is 11.0. The molecule has 1 aliphatic carbocycles. The monoisotopic (exact) mass is 381 g/mol. The molecule has 0 saturated heterocycles. The van der Waals surface area contributed by atoms with E-state index in [-0.39, 0.29) is 5.91 Å². The average Bonchev–Trinajstić information content (AvgIpc) is 3.21. The summed E-state index contributed by atoms with van der Waals surface area (Å²) in [7, 11) is 2.03. The Morgan fingerprint density at radius 1 is 1.30 bits per heavy atom. The number of anilines is 1. The predicted octanol–water partition coefficient (Wildman–Crippen LogP) is 4.69. The van der Waals surface area contributed by atoms with E-state index in [0.717, 1.165) is 36.4 Å². The molecule has 0 bridgehead atoms. The minimum absolute atomic E-state index is 0.0200. The van der Waals surface area contributed by atoms with Crippen molar-refractivity contribution < 1.29 is 4.79 Å². The van der Waals surface area contributed by atoms with Gasteiger partial charge >= 0.3 is 0 Å². The molecular formula is C22H27N3OS. The molecule has 1 heterocycles. The highest BCUT2D eigenvalue weighted by molar-refractivity contribution is 7.16. The van der Waals surface area contributed by atoms with E-state index >= 15 is 0 Å². The Hall–Kier alpha value is -2.16. The topological polar surface area (TPSA) is 56.1 Å². The van der Waals surface area contributed by atoms with E-state index in [4.69, 9.17) is 0 Å². The number of carbonyl (C=O) groups is 1. The molecule has 4 nitrogen and oxygen atoms in total. The first kappa shape index (κ1) is 19.6. The van der Waals surface area contributed by atoms with Gasteiger partial charge in [-0.1, -0.05) is 38.1 Å². The number of nitrogens with zero attached hydrogens (tertiary/aromatic N) is 2. The van der Waals surface area contributed by atoms with E-state index in [1.807, 2.05) is 7.05 Å². The first-order valence-corrected chi connectivity index (χ1v) is 10.4. The van der Waals surface area contributed by atoms with Crippen LogP contribution >= 0.6 is 11.3 Å². The first-order valence-electron chi connectivity index (χ1n) is 9.59. The van der Waals surface area contributed by atoms with Crippen LogP contribution in [0.3, 0.4) is 0 Å². The standard InChI is InChI=1S/C22H27N3OS/c1-15(2)17-9-7-16(8-10-17)14-25(3)12-11-21(26)24-22-19(13-23)18-5-4-6-20(18)27-22/h7-10,15H,4-6,11-12,14H2,1-3H3,(H,24,26). The maximum absolute atomic E-state index is 12.3. The highest BCUT2D eigenvalue weighted by Crippen LogP contribution is 2.38. The van der Waals surface area contributed by atoms with Gasteiger partial charge in [0.1, 0.15) is 11.1 Å². The van der Waals surface area contributed by atoms with Crippen molar-refractivity contribution >= 4 is 22.2 Å². The van der Waals surface area contributed by atoms with E-state index < -0.39 is 0 Å². The zero-order chi connectivity index (χ0) is 19.4. The number of benzene rings is 1. The van der Waals surface area contributed by atoms with E-state index in [1.165, 1.54) is 16.0 Å². The van der Waals surface area contributed by atoms with Gasteiger partial charge in [-0.2, -0.15) is 5.26 Å². The van der Waals surface area contributed by atoms with Crippen molar-refractivity contribution in [2.75, 3.05) is 18.9 Å². The zero-order valence-corrected chi connectivity index (χ0v) is 17.2. The number of hydrogen-bond acceptors (Lipinski definition) is 4. The van der Waals surface area contributed by atoms with Crippen molar-refractivity contribution in [2.45, 2.75) is 52.0 Å². The average molecular weight is 382 g/mol. The van der Waals surface area contributed by atoms with Crippen LogP contribution in [0.15, 0.2) is 24.3 Å². The van der Waals surface area contributed by atoms with Crippen LogP contribution in [0.2, 0.25) is 0 Å². The molecule has 1 aromatic heterocycles. The Bertz CT molecular complexity index is 846. The molecule has 0 atom stereocenters. The van der Waals surface area contributed by atoms with Gasteiger partial charge in [-0.05, 0) is 48.9 Å². The Balaban J connectivity index is 1.50. The Kier molecular flexibility index (Phi) is 6.30. The molecule has 0 unspecified atom stereocenters. The van der Waals surface area contributed by atoms with Crippen molar-refractivity contribution in [3.05, 3.63) is 51.4 Å². The second kappa shape index (κ2) is 8.69. The lowest BCUT2D eigenvalue weighted by Crippen LogP contribution is -2.24. The molecule has 0 aliphatic heterocycles. The van der Waals surface area contributed by atoms with Gasteiger partial charge < -0.3 is 10.2 Å². The van der Waals surface area contributed by atoms with Crippen molar-refractivity contribution in [1.29, 1.82) is 5.26 Å². The third-order valence-electron chi connectivity index (χ3n) is 5.11. The number of thiophene rings is 1.